The van der Waals surface area contributed by atoms with Crippen molar-refractivity contribution >= 4 is 0 Å². The molecular weight excluding hydrogens is 233 g/mol. The molecule has 1 unspecified atom stereocenters. The van der Waals surface area contributed by atoms with Crippen LogP contribution in [0.3, 0.4) is 0 Å². The van der Waals surface area contributed by atoms with E-state index in [1.807, 2.05) is 0 Å². The van der Waals surface area contributed by atoms with Gasteiger partial charge >= 0.3 is 0 Å². The minimum absolute atomic E-state index is 0.0984. The molecule has 0 aliphatic rings. The molecule has 6 heteroatoms. The molecule has 1 atom stereocenters. The van der Waals surface area contributed by atoms with Gasteiger partial charge in [0.05, 0.1) is 5.56 Å². The maximum atomic E-state index is 12.9. The summed E-state index contributed by atoms with van der Waals surface area (Å²) in [6.07, 6.45) is -4.53. The van der Waals surface area contributed by atoms with Crippen LogP contribution in [0.15, 0.2) is 18.2 Å². The molecule has 0 amide bonds. The largest absolute Gasteiger partial charge is 0.386 e. The quantitative estimate of drug-likeness (QED) is 0.823. The van der Waals surface area contributed by atoms with Crippen molar-refractivity contribution in [1.82, 2.24) is 5.32 Å². The molecule has 0 spiro atoms. The van der Waals surface area contributed by atoms with Crippen LogP contribution in [-0.4, -0.2) is 24.2 Å². The Bertz CT molecular complexity index is 418. The third-order valence-electron chi connectivity index (χ3n) is 2.12. The van der Waals surface area contributed by atoms with Crippen molar-refractivity contribution < 1.29 is 18.3 Å². The van der Waals surface area contributed by atoms with Gasteiger partial charge in [-0.2, -0.15) is 5.26 Å². The summed E-state index contributed by atoms with van der Waals surface area (Å²) in [4.78, 5) is 0. The first-order valence-corrected chi connectivity index (χ1v) is 4.90. The number of hydrogen-bond acceptors (Lipinski definition) is 3. The van der Waals surface area contributed by atoms with Gasteiger partial charge in [0.1, 0.15) is 18.0 Å². The van der Waals surface area contributed by atoms with E-state index in [1.165, 1.54) is 12.1 Å². The summed E-state index contributed by atoms with van der Waals surface area (Å²) in [5, 5.41) is 20.0. The number of alkyl halides is 2. The molecule has 0 saturated carbocycles. The summed E-state index contributed by atoms with van der Waals surface area (Å²) in [6, 6.07) is 5.59. The standard InChI is InChI=1S/C11H11F3N2O/c12-9-2-1-7(3-8(9)4-15)5-16-6-10(17)11(13)14/h1-3,10-11,16-17H,5-6H2. The average molecular weight is 244 g/mol. The SMILES string of the molecule is N#Cc1cc(CNCC(O)C(F)F)ccc1F. The number of nitrogens with zero attached hydrogens (tertiary/aromatic N) is 1. The monoisotopic (exact) mass is 244 g/mol. The van der Waals surface area contributed by atoms with E-state index >= 15 is 0 Å². The van der Waals surface area contributed by atoms with Crippen molar-refractivity contribution in [1.29, 1.82) is 5.26 Å². The van der Waals surface area contributed by atoms with Crippen molar-refractivity contribution in [3.63, 3.8) is 0 Å². The fourth-order valence-corrected chi connectivity index (χ4v) is 1.22. The Kier molecular flexibility index (Phi) is 4.94. The number of nitrogens with one attached hydrogen (secondary N) is 1. The molecule has 92 valence electrons. The Morgan fingerprint density at radius 1 is 1.41 bits per heavy atom. The molecule has 0 aromatic heterocycles. The van der Waals surface area contributed by atoms with E-state index in [0.717, 1.165) is 6.07 Å². The second-order valence-electron chi connectivity index (χ2n) is 3.46. The Morgan fingerprint density at radius 3 is 2.71 bits per heavy atom. The summed E-state index contributed by atoms with van der Waals surface area (Å²) in [6.45, 7) is -0.0876. The molecule has 1 aromatic rings. The van der Waals surface area contributed by atoms with Crippen LogP contribution >= 0.6 is 0 Å². The lowest BCUT2D eigenvalue weighted by molar-refractivity contribution is -0.00340. The van der Waals surface area contributed by atoms with Crippen LogP contribution in [0.4, 0.5) is 13.2 Å². The van der Waals surface area contributed by atoms with Crippen LogP contribution in [-0.2, 0) is 6.54 Å². The normalized spacial score (nSPS) is 12.5. The minimum Gasteiger partial charge on any atom is -0.386 e. The van der Waals surface area contributed by atoms with Crippen LogP contribution in [0.2, 0.25) is 0 Å². The highest BCUT2D eigenvalue weighted by atomic mass is 19.3. The third-order valence-corrected chi connectivity index (χ3v) is 2.12. The third kappa shape index (κ3) is 4.06. The predicted octanol–water partition coefficient (Wildman–Crippen LogP) is 1.41. The van der Waals surface area contributed by atoms with Crippen molar-refractivity contribution in [2.75, 3.05) is 6.54 Å². The van der Waals surface area contributed by atoms with E-state index in [4.69, 9.17) is 10.4 Å². The Morgan fingerprint density at radius 2 is 2.12 bits per heavy atom. The molecule has 0 aliphatic heterocycles. The number of halogens is 3. The van der Waals surface area contributed by atoms with E-state index in [0.29, 0.717) is 5.56 Å². The van der Waals surface area contributed by atoms with E-state index in [9.17, 15) is 13.2 Å². The van der Waals surface area contributed by atoms with Crippen molar-refractivity contribution in [2.45, 2.75) is 19.1 Å². The van der Waals surface area contributed by atoms with Crippen LogP contribution in [0.25, 0.3) is 0 Å². The predicted molar refractivity (Wildman–Crippen MR) is 54.8 cm³/mol. The van der Waals surface area contributed by atoms with E-state index in [-0.39, 0.29) is 18.7 Å². The van der Waals surface area contributed by atoms with Crippen molar-refractivity contribution in [3.05, 3.63) is 35.1 Å². The molecular formula is C11H11F3N2O. The van der Waals surface area contributed by atoms with Crippen molar-refractivity contribution in [3.8, 4) is 6.07 Å². The number of aliphatic hydroxyl groups excluding tert-OH is 1. The second-order valence-corrected chi connectivity index (χ2v) is 3.46. The molecule has 17 heavy (non-hydrogen) atoms. The summed E-state index contributed by atoms with van der Waals surface area (Å²) < 4.78 is 36.8. The summed E-state index contributed by atoms with van der Waals surface area (Å²) in [5.74, 6) is -0.621. The molecule has 0 heterocycles. The highest BCUT2D eigenvalue weighted by Gasteiger charge is 2.15. The highest BCUT2D eigenvalue weighted by molar-refractivity contribution is 5.34. The first-order chi connectivity index (χ1) is 8.04. The average Bonchev–Trinajstić information content (AvgIpc) is 2.31. The first kappa shape index (κ1) is 13.5. The first-order valence-electron chi connectivity index (χ1n) is 4.90. The number of benzene rings is 1. The Labute approximate surface area is 96.5 Å². The van der Waals surface area contributed by atoms with E-state index in [2.05, 4.69) is 5.32 Å². The van der Waals surface area contributed by atoms with Gasteiger partial charge in [0, 0.05) is 13.1 Å². The lowest BCUT2D eigenvalue weighted by Gasteiger charge is -2.10. The number of aliphatic hydroxyl groups is 1. The molecule has 0 aliphatic carbocycles. The molecule has 0 fully saturated rings. The van der Waals surface area contributed by atoms with Gasteiger partial charge in [0.15, 0.2) is 0 Å². The van der Waals surface area contributed by atoms with Gasteiger partial charge in [0.2, 0.25) is 0 Å². The molecule has 0 saturated heterocycles. The molecule has 0 bridgehead atoms. The van der Waals surface area contributed by atoms with Gasteiger partial charge in [-0.05, 0) is 17.7 Å². The number of hydrogen-bond donors (Lipinski definition) is 2. The molecule has 2 N–H and O–H groups in total. The van der Waals surface area contributed by atoms with Gasteiger partial charge in [-0.25, -0.2) is 13.2 Å². The van der Waals surface area contributed by atoms with Gasteiger partial charge < -0.3 is 10.4 Å². The van der Waals surface area contributed by atoms with Crippen LogP contribution in [0.1, 0.15) is 11.1 Å². The minimum atomic E-state index is -2.80. The summed E-state index contributed by atoms with van der Waals surface area (Å²) >= 11 is 0. The molecule has 1 rings (SSSR count). The van der Waals surface area contributed by atoms with Crippen LogP contribution in [0.5, 0.6) is 0 Å². The van der Waals surface area contributed by atoms with E-state index < -0.39 is 18.3 Å². The van der Waals surface area contributed by atoms with Crippen molar-refractivity contribution in [2.24, 2.45) is 0 Å². The Hall–Kier alpha value is -1.58. The second kappa shape index (κ2) is 6.23. The lowest BCUT2D eigenvalue weighted by Crippen LogP contribution is -2.31. The fraction of sp³-hybridized carbons (Fsp3) is 0.364. The summed E-state index contributed by atoms with van der Waals surface area (Å²) in [5.41, 5.74) is 0.489. The molecule has 1 aromatic carbocycles. The maximum Gasteiger partial charge on any atom is 0.265 e. The van der Waals surface area contributed by atoms with Crippen LogP contribution < -0.4 is 5.32 Å². The topological polar surface area (TPSA) is 56.0 Å². The fourth-order valence-electron chi connectivity index (χ4n) is 1.22. The van der Waals surface area contributed by atoms with Gasteiger partial charge in [0.25, 0.3) is 6.43 Å². The van der Waals surface area contributed by atoms with Gasteiger partial charge in [-0.1, -0.05) is 6.07 Å². The van der Waals surface area contributed by atoms with Crippen LogP contribution in [0, 0.1) is 17.1 Å². The smallest absolute Gasteiger partial charge is 0.265 e. The van der Waals surface area contributed by atoms with Gasteiger partial charge in [-0.3, -0.25) is 0 Å². The molecule has 3 nitrogen and oxygen atoms in total. The zero-order valence-corrected chi connectivity index (χ0v) is 8.83. The Balaban J connectivity index is 2.51. The number of nitriles is 1. The van der Waals surface area contributed by atoms with E-state index in [1.54, 1.807) is 6.07 Å². The number of rotatable bonds is 5. The maximum absolute atomic E-state index is 12.9. The highest BCUT2D eigenvalue weighted by Crippen LogP contribution is 2.09. The molecule has 0 radical (unpaired) electrons. The summed E-state index contributed by atoms with van der Waals surface area (Å²) in [7, 11) is 0. The zero-order valence-electron chi connectivity index (χ0n) is 8.83. The van der Waals surface area contributed by atoms with Gasteiger partial charge in [-0.15, -0.1) is 0 Å². The lowest BCUT2D eigenvalue weighted by atomic mass is 10.1. The zero-order chi connectivity index (χ0) is 12.8.